The highest BCUT2D eigenvalue weighted by molar-refractivity contribution is 5.94. The van der Waals surface area contributed by atoms with Crippen molar-refractivity contribution in [1.82, 2.24) is 10.2 Å². The molecule has 1 spiro atoms. The van der Waals surface area contributed by atoms with E-state index in [1.54, 1.807) is 4.90 Å². The number of piperidine rings is 2. The molecule has 1 aromatic rings. The largest absolute Gasteiger partial charge is 0.339 e. The summed E-state index contributed by atoms with van der Waals surface area (Å²) in [4.78, 5) is 24.1. The van der Waals surface area contributed by atoms with Gasteiger partial charge in [0.15, 0.2) is 0 Å². The third kappa shape index (κ3) is 3.67. The Hall–Kier alpha value is -1.73. The lowest BCUT2D eigenvalue weighted by Gasteiger charge is -2.44. The number of nitrogens with one attached hydrogen (secondary N) is 1. The molecule has 8 heteroatoms. The highest BCUT2D eigenvalue weighted by atomic mass is 35.5. The van der Waals surface area contributed by atoms with E-state index in [0.717, 1.165) is 44.8 Å². The molecule has 0 aliphatic carbocycles. The summed E-state index contributed by atoms with van der Waals surface area (Å²) in [5.74, 6) is -1.20. The minimum absolute atomic E-state index is 0. The van der Waals surface area contributed by atoms with Crippen LogP contribution in [0.25, 0.3) is 0 Å². The number of benzene rings is 1. The molecule has 0 saturated carbocycles. The van der Waals surface area contributed by atoms with E-state index in [1.165, 1.54) is 12.1 Å². The number of carbonyl (C=O) groups excluding carboxylic acids is 1. The molecule has 0 unspecified atom stereocenters. The van der Waals surface area contributed by atoms with Crippen LogP contribution in [0.4, 0.5) is 10.1 Å². The van der Waals surface area contributed by atoms with Crippen molar-refractivity contribution in [3.63, 3.8) is 0 Å². The Balaban J connectivity index is 0.00000208. The summed E-state index contributed by atoms with van der Waals surface area (Å²) < 4.78 is 14.0. The number of hydrogen-bond acceptors (Lipinski definition) is 4. The van der Waals surface area contributed by atoms with Crippen LogP contribution in [0, 0.1) is 21.3 Å². The number of nitro groups is 1. The van der Waals surface area contributed by atoms with E-state index in [-0.39, 0.29) is 29.6 Å². The summed E-state index contributed by atoms with van der Waals surface area (Å²) in [6.07, 6.45) is 4.13. The Labute approximate surface area is 146 Å². The molecule has 2 aliphatic heterocycles. The van der Waals surface area contributed by atoms with Crippen LogP contribution in [0.2, 0.25) is 0 Å². The van der Waals surface area contributed by atoms with Crippen molar-refractivity contribution < 1.29 is 14.1 Å². The van der Waals surface area contributed by atoms with Gasteiger partial charge in [-0.1, -0.05) is 0 Å². The summed E-state index contributed by atoms with van der Waals surface area (Å²) in [5.41, 5.74) is -0.112. The van der Waals surface area contributed by atoms with Crippen LogP contribution < -0.4 is 5.32 Å². The maximum absolute atomic E-state index is 14.0. The summed E-state index contributed by atoms with van der Waals surface area (Å²) in [6.45, 7) is 3.28. The van der Waals surface area contributed by atoms with Crippen molar-refractivity contribution in [3.05, 3.63) is 39.7 Å². The number of rotatable bonds is 2. The molecule has 2 heterocycles. The van der Waals surface area contributed by atoms with Gasteiger partial charge >= 0.3 is 0 Å². The fourth-order valence-electron chi connectivity index (χ4n) is 3.60. The second kappa shape index (κ2) is 7.44. The molecule has 3 rings (SSSR count). The van der Waals surface area contributed by atoms with Crippen LogP contribution in [0.3, 0.4) is 0 Å². The van der Waals surface area contributed by atoms with Crippen LogP contribution in [0.1, 0.15) is 36.0 Å². The predicted octanol–water partition coefficient (Wildman–Crippen LogP) is 2.76. The van der Waals surface area contributed by atoms with E-state index < -0.39 is 10.7 Å². The highest BCUT2D eigenvalue weighted by Crippen LogP contribution is 2.39. The molecule has 1 aromatic carbocycles. The molecule has 0 aromatic heterocycles. The standard InChI is InChI=1S/C16H20FN3O3.ClH/c17-14-11-12(20(22)23)1-2-13(14)15(21)19-9-5-16(6-10-19)3-7-18-8-4-16;/h1-2,11,18H,3-10H2;1H. The van der Waals surface area contributed by atoms with E-state index in [0.29, 0.717) is 18.5 Å². The van der Waals surface area contributed by atoms with E-state index in [4.69, 9.17) is 0 Å². The third-order valence-electron chi connectivity index (χ3n) is 5.17. The van der Waals surface area contributed by atoms with Gasteiger partial charge in [-0.15, -0.1) is 12.4 Å². The molecule has 24 heavy (non-hydrogen) atoms. The molecule has 0 atom stereocenters. The van der Waals surface area contributed by atoms with Gasteiger partial charge in [0.25, 0.3) is 11.6 Å². The summed E-state index contributed by atoms with van der Waals surface area (Å²) in [6, 6.07) is 3.20. The molecule has 2 saturated heterocycles. The second-order valence-corrected chi connectivity index (χ2v) is 6.46. The zero-order valence-electron chi connectivity index (χ0n) is 13.3. The Kier molecular flexibility index (Phi) is 5.77. The Morgan fingerprint density at radius 2 is 1.83 bits per heavy atom. The number of carbonyl (C=O) groups is 1. The number of halogens is 2. The topological polar surface area (TPSA) is 75.5 Å². The molecule has 0 bridgehead atoms. The van der Waals surface area contributed by atoms with Crippen molar-refractivity contribution in [2.75, 3.05) is 26.2 Å². The lowest BCUT2D eigenvalue weighted by molar-refractivity contribution is -0.385. The Morgan fingerprint density at radius 1 is 1.21 bits per heavy atom. The van der Waals surface area contributed by atoms with Crippen LogP contribution in [0.15, 0.2) is 18.2 Å². The number of amides is 1. The molecule has 132 valence electrons. The van der Waals surface area contributed by atoms with Gasteiger partial charge < -0.3 is 10.2 Å². The molecule has 0 radical (unpaired) electrons. The minimum Gasteiger partial charge on any atom is -0.339 e. The van der Waals surface area contributed by atoms with Crippen LogP contribution >= 0.6 is 12.4 Å². The van der Waals surface area contributed by atoms with Gasteiger partial charge in [0, 0.05) is 19.2 Å². The first-order chi connectivity index (χ1) is 11.0. The molecule has 2 fully saturated rings. The van der Waals surface area contributed by atoms with Gasteiger partial charge in [-0.25, -0.2) is 4.39 Å². The maximum atomic E-state index is 14.0. The molecular formula is C16H21ClFN3O3. The first-order valence-electron chi connectivity index (χ1n) is 7.95. The monoisotopic (exact) mass is 357 g/mol. The van der Waals surface area contributed by atoms with Crippen molar-refractivity contribution in [2.24, 2.45) is 5.41 Å². The van der Waals surface area contributed by atoms with E-state index in [9.17, 15) is 19.3 Å². The van der Waals surface area contributed by atoms with E-state index >= 15 is 0 Å². The first-order valence-corrected chi connectivity index (χ1v) is 7.95. The predicted molar refractivity (Wildman–Crippen MR) is 90.0 cm³/mol. The average molecular weight is 358 g/mol. The van der Waals surface area contributed by atoms with Gasteiger partial charge in [-0.3, -0.25) is 14.9 Å². The van der Waals surface area contributed by atoms with Crippen molar-refractivity contribution in [2.45, 2.75) is 25.7 Å². The van der Waals surface area contributed by atoms with Crippen LogP contribution in [-0.2, 0) is 0 Å². The fraction of sp³-hybridized carbons (Fsp3) is 0.562. The summed E-state index contributed by atoms with van der Waals surface area (Å²) in [7, 11) is 0. The van der Waals surface area contributed by atoms with Crippen LogP contribution in [0.5, 0.6) is 0 Å². The Bertz CT molecular complexity index is 625. The van der Waals surface area contributed by atoms with Gasteiger partial charge in [-0.05, 0) is 50.3 Å². The molecule has 6 nitrogen and oxygen atoms in total. The zero-order valence-corrected chi connectivity index (χ0v) is 14.1. The number of non-ortho nitro benzene ring substituents is 1. The van der Waals surface area contributed by atoms with Crippen molar-refractivity contribution in [1.29, 1.82) is 0 Å². The molecule has 1 N–H and O–H groups in total. The summed E-state index contributed by atoms with van der Waals surface area (Å²) in [5, 5.41) is 14.0. The lowest BCUT2D eigenvalue weighted by Crippen LogP contribution is -2.47. The number of hydrogen-bond donors (Lipinski definition) is 1. The SMILES string of the molecule is Cl.O=C(c1ccc([N+](=O)[O-])cc1F)N1CCC2(CCNCC2)CC1. The van der Waals surface area contributed by atoms with Gasteiger partial charge in [-0.2, -0.15) is 0 Å². The normalized spacial score (nSPS) is 19.6. The van der Waals surface area contributed by atoms with E-state index in [2.05, 4.69) is 5.32 Å². The average Bonchev–Trinajstić information content (AvgIpc) is 2.55. The maximum Gasteiger partial charge on any atom is 0.272 e. The van der Waals surface area contributed by atoms with Gasteiger partial charge in [0.1, 0.15) is 5.82 Å². The molecular weight excluding hydrogens is 337 g/mol. The number of nitro benzene ring substituents is 1. The molecule has 2 aliphatic rings. The van der Waals surface area contributed by atoms with E-state index in [1.807, 2.05) is 0 Å². The van der Waals surface area contributed by atoms with Crippen molar-refractivity contribution in [3.8, 4) is 0 Å². The Morgan fingerprint density at radius 3 is 2.38 bits per heavy atom. The second-order valence-electron chi connectivity index (χ2n) is 6.46. The number of likely N-dealkylation sites (tertiary alicyclic amines) is 1. The third-order valence-corrected chi connectivity index (χ3v) is 5.17. The first kappa shape index (κ1) is 18.6. The fourth-order valence-corrected chi connectivity index (χ4v) is 3.60. The quantitative estimate of drug-likeness (QED) is 0.652. The number of nitrogens with zero attached hydrogens (tertiary/aromatic N) is 2. The van der Waals surface area contributed by atoms with Crippen LogP contribution in [-0.4, -0.2) is 41.9 Å². The minimum atomic E-state index is -0.827. The zero-order chi connectivity index (χ0) is 16.4. The highest BCUT2D eigenvalue weighted by Gasteiger charge is 2.37. The lowest BCUT2D eigenvalue weighted by atomic mass is 9.71. The van der Waals surface area contributed by atoms with Crippen molar-refractivity contribution >= 4 is 24.0 Å². The smallest absolute Gasteiger partial charge is 0.272 e. The van der Waals surface area contributed by atoms with Gasteiger partial charge in [0.2, 0.25) is 0 Å². The molecule has 1 amide bonds. The van der Waals surface area contributed by atoms with Gasteiger partial charge in [0.05, 0.1) is 16.6 Å². The summed E-state index contributed by atoms with van der Waals surface area (Å²) >= 11 is 0.